The third kappa shape index (κ3) is 4.86. The highest BCUT2D eigenvalue weighted by Gasteiger charge is 2.31. The van der Waals surface area contributed by atoms with Crippen molar-refractivity contribution in [3.8, 4) is 5.75 Å². The smallest absolute Gasteiger partial charge is 0.406 e. The molecule has 0 saturated carbocycles. The van der Waals surface area contributed by atoms with E-state index >= 15 is 0 Å². The fourth-order valence-electron chi connectivity index (χ4n) is 1.80. The van der Waals surface area contributed by atoms with Crippen LogP contribution in [0, 0.1) is 6.92 Å². The Kier molecular flexibility index (Phi) is 4.63. The molecular formula is C15H13ClF3NO. The summed E-state index contributed by atoms with van der Waals surface area (Å²) in [6, 6.07) is 11.3. The maximum atomic E-state index is 12.2. The van der Waals surface area contributed by atoms with Crippen LogP contribution in [0.1, 0.15) is 11.1 Å². The Balaban J connectivity index is 2.05. The third-order valence-electron chi connectivity index (χ3n) is 2.76. The summed E-state index contributed by atoms with van der Waals surface area (Å²) < 4.78 is 40.3. The van der Waals surface area contributed by atoms with Gasteiger partial charge in [0.25, 0.3) is 0 Å². The predicted octanol–water partition coefficient (Wildman–Crippen LogP) is 5.16. The van der Waals surface area contributed by atoms with Gasteiger partial charge in [-0.25, -0.2) is 0 Å². The van der Waals surface area contributed by atoms with Crippen molar-refractivity contribution in [1.82, 2.24) is 0 Å². The average Bonchev–Trinajstić information content (AvgIpc) is 2.36. The molecule has 0 unspecified atom stereocenters. The van der Waals surface area contributed by atoms with E-state index in [1.807, 2.05) is 25.1 Å². The van der Waals surface area contributed by atoms with Crippen LogP contribution in [0.15, 0.2) is 42.5 Å². The number of halogens is 4. The van der Waals surface area contributed by atoms with E-state index < -0.39 is 6.36 Å². The van der Waals surface area contributed by atoms with Crippen LogP contribution in [-0.2, 0) is 6.54 Å². The normalized spacial score (nSPS) is 11.3. The van der Waals surface area contributed by atoms with Gasteiger partial charge in [-0.3, -0.25) is 0 Å². The van der Waals surface area contributed by atoms with Crippen molar-refractivity contribution in [2.24, 2.45) is 0 Å². The molecular weight excluding hydrogens is 303 g/mol. The van der Waals surface area contributed by atoms with Crippen LogP contribution in [0.3, 0.4) is 0 Å². The molecule has 0 atom stereocenters. The zero-order chi connectivity index (χ0) is 15.5. The molecule has 2 nitrogen and oxygen atoms in total. The Morgan fingerprint density at radius 1 is 1.14 bits per heavy atom. The average molecular weight is 316 g/mol. The lowest BCUT2D eigenvalue weighted by Crippen LogP contribution is -2.17. The Morgan fingerprint density at radius 2 is 1.90 bits per heavy atom. The lowest BCUT2D eigenvalue weighted by atomic mass is 10.1. The summed E-state index contributed by atoms with van der Waals surface area (Å²) in [5.74, 6) is -0.262. The topological polar surface area (TPSA) is 21.3 Å². The molecule has 0 spiro atoms. The monoisotopic (exact) mass is 315 g/mol. The molecule has 21 heavy (non-hydrogen) atoms. The largest absolute Gasteiger partial charge is 0.573 e. The van der Waals surface area contributed by atoms with Crippen molar-refractivity contribution in [3.05, 3.63) is 58.6 Å². The Hall–Kier alpha value is -1.88. The Labute approximate surface area is 125 Å². The second-order valence-electron chi connectivity index (χ2n) is 4.52. The van der Waals surface area contributed by atoms with Crippen LogP contribution in [0.2, 0.25) is 5.02 Å². The second kappa shape index (κ2) is 6.26. The standard InChI is InChI=1S/C15H13ClF3NO/c1-10-5-6-11(14(16)7-10)9-20-12-3-2-4-13(8-12)21-15(17,18)19/h2-8,20H,9H2,1H3. The quantitative estimate of drug-likeness (QED) is 0.841. The van der Waals surface area contributed by atoms with Crippen LogP contribution in [-0.4, -0.2) is 6.36 Å². The highest BCUT2D eigenvalue weighted by Crippen LogP contribution is 2.26. The van der Waals surface area contributed by atoms with E-state index in [9.17, 15) is 13.2 Å². The summed E-state index contributed by atoms with van der Waals surface area (Å²) in [5.41, 5.74) is 2.43. The van der Waals surface area contributed by atoms with Gasteiger partial charge >= 0.3 is 6.36 Å². The van der Waals surface area contributed by atoms with Crippen LogP contribution >= 0.6 is 11.6 Å². The minimum atomic E-state index is -4.70. The van der Waals surface area contributed by atoms with Gasteiger partial charge in [-0.05, 0) is 36.2 Å². The van der Waals surface area contributed by atoms with Crippen LogP contribution in [0.5, 0.6) is 5.75 Å². The molecule has 0 fully saturated rings. The van der Waals surface area contributed by atoms with Crippen LogP contribution < -0.4 is 10.1 Å². The lowest BCUT2D eigenvalue weighted by molar-refractivity contribution is -0.274. The maximum Gasteiger partial charge on any atom is 0.573 e. The van der Waals surface area contributed by atoms with Gasteiger partial charge in [0, 0.05) is 23.3 Å². The van der Waals surface area contributed by atoms with E-state index in [0.717, 1.165) is 11.1 Å². The van der Waals surface area contributed by atoms with E-state index in [1.54, 1.807) is 6.07 Å². The zero-order valence-corrected chi connectivity index (χ0v) is 11.9. The third-order valence-corrected chi connectivity index (χ3v) is 3.11. The first-order chi connectivity index (χ1) is 9.83. The number of hydrogen-bond acceptors (Lipinski definition) is 2. The molecule has 2 rings (SSSR count). The summed E-state index contributed by atoms with van der Waals surface area (Å²) in [4.78, 5) is 0. The van der Waals surface area contributed by atoms with E-state index in [4.69, 9.17) is 11.6 Å². The van der Waals surface area contributed by atoms with Gasteiger partial charge in [0.2, 0.25) is 0 Å². The summed E-state index contributed by atoms with van der Waals surface area (Å²) in [6.45, 7) is 2.34. The number of alkyl halides is 3. The van der Waals surface area contributed by atoms with Crippen molar-refractivity contribution in [1.29, 1.82) is 0 Å². The van der Waals surface area contributed by atoms with Gasteiger partial charge in [0.15, 0.2) is 0 Å². The summed E-state index contributed by atoms with van der Waals surface area (Å²) in [7, 11) is 0. The van der Waals surface area contributed by atoms with E-state index in [-0.39, 0.29) is 5.75 Å². The van der Waals surface area contributed by atoms with Gasteiger partial charge in [-0.2, -0.15) is 0 Å². The molecule has 2 aromatic carbocycles. The molecule has 2 aromatic rings. The van der Waals surface area contributed by atoms with Gasteiger partial charge in [0.05, 0.1) is 0 Å². The second-order valence-corrected chi connectivity index (χ2v) is 4.93. The minimum absolute atomic E-state index is 0.262. The van der Waals surface area contributed by atoms with Crippen LogP contribution in [0.4, 0.5) is 18.9 Å². The zero-order valence-electron chi connectivity index (χ0n) is 11.2. The molecule has 6 heteroatoms. The molecule has 0 aliphatic carbocycles. The molecule has 0 amide bonds. The molecule has 0 aliphatic heterocycles. The van der Waals surface area contributed by atoms with E-state index in [2.05, 4.69) is 10.1 Å². The maximum absolute atomic E-state index is 12.2. The first-order valence-corrected chi connectivity index (χ1v) is 6.56. The Bertz CT molecular complexity index is 629. The highest BCUT2D eigenvalue weighted by molar-refractivity contribution is 6.31. The first-order valence-electron chi connectivity index (χ1n) is 6.18. The van der Waals surface area contributed by atoms with E-state index in [0.29, 0.717) is 17.3 Å². The van der Waals surface area contributed by atoms with Crippen molar-refractivity contribution in [2.75, 3.05) is 5.32 Å². The summed E-state index contributed by atoms with van der Waals surface area (Å²) in [6.07, 6.45) is -4.70. The van der Waals surface area contributed by atoms with Crippen molar-refractivity contribution in [3.63, 3.8) is 0 Å². The van der Waals surface area contributed by atoms with Gasteiger partial charge in [-0.1, -0.05) is 29.8 Å². The van der Waals surface area contributed by atoms with E-state index in [1.165, 1.54) is 18.2 Å². The summed E-state index contributed by atoms with van der Waals surface area (Å²) >= 11 is 6.10. The molecule has 0 bridgehead atoms. The number of nitrogens with one attached hydrogen (secondary N) is 1. The fraction of sp³-hybridized carbons (Fsp3) is 0.200. The molecule has 0 radical (unpaired) electrons. The number of rotatable bonds is 4. The molecule has 1 N–H and O–H groups in total. The van der Waals surface area contributed by atoms with Crippen molar-refractivity contribution >= 4 is 17.3 Å². The molecule has 0 aromatic heterocycles. The fourth-order valence-corrected chi connectivity index (χ4v) is 2.10. The van der Waals surface area contributed by atoms with Crippen molar-refractivity contribution in [2.45, 2.75) is 19.8 Å². The predicted molar refractivity (Wildman–Crippen MR) is 76.6 cm³/mol. The molecule has 0 saturated heterocycles. The Morgan fingerprint density at radius 3 is 2.57 bits per heavy atom. The number of aryl methyl sites for hydroxylation is 1. The van der Waals surface area contributed by atoms with Gasteiger partial charge in [-0.15, -0.1) is 13.2 Å². The van der Waals surface area contributed by atoms with Gasteiger partial charge < -0.3 is 10.1 Å². The van der Waals surface area contributed by atoms with Crippen molar-refractivity contribution < 1.29 is 17.9 Å². The SMILES string of the molecule is Cc1ccc(CNc2cccc(OC(F)(F)F)c2)c(Cl)c1. The number of benzene rings is 2. The highest BCUT2D eigenvalue weighted by atomic mass is 35.5. The summed E-state index contributed by atoms with van der Waals surface area (Å²) in [5, 5.41) is 3.63. The first kappa shape index (κ1) is 15.5. The number of ether oxygens (including phenoxy) is 1. The molecule has 0 aliphatic rings. The number of anilines is 1. The van der Waals surface area contributed by atoms with Crippen LogP contribution in [0.25, 0.3) is 0 Å². The molecule has 112 valence electrons. The minimum Gasteiger partial charge on any atom is -0.406 e. The van der Waals surface area contributed by atoms with Gasteiger partial charge in [0.1, 0.15) is 5.75 Å². The lowest BCUT2D eigenvalue weighted by Gasteiger charge is -2.12. The number of hydrogen-bond donors (Lipinski definition) is 1. The molecule has 0 heterocycles.